The van der Waals surface area contributed by atoms with E-state index in [1.54, 1.807) is 4.68 Å². The lowest BCUT2D eigenvalue weighted by Gasteiger charge is -2.32. The zero-order valence-corrected chi connectivity index (χ0v) is 29.6. The van der Waals surface area contributed by atoms with Crippen LogP contribution in [0.1, 0.15) is 41.6 Å². The molecule has 1 fully saturated rings. The Morgan fingerprint density at radius 2 is 1.84 bits per heavy atom. The van der Waals surface area contributed by atoms with Gasteiger partial charge >= 0.3 is 0 Å². The number of aliphatic hydroxyl groups is 1. The van der Waals surface area contributed by atoms with Gasteiger partial charge in [-0.1, -0.05) is 70.5 Å². The first-order chi connectivity index (χ1) is 21.0. The van der Waals surface area contributed by atoms with Crippen LogP contribution in [0, 0.1) is 9.49 Å². The number of hydrogen-bond acceptors (Lipinski definition) is 6. The minimum atomic E-state index is -2.80. The predicted octanol–water partition coefficient (Wildman–Crippen LogP) is 6.20. The van der Waals surface area contributed by atoms with Crippen molar-refractivity contribution in [2.45, 2.75) is 62.7 Å². The van der Waals surface area contributed by atoms with Gasteiger partial charge in [-0.05, 0) is 83.6 Å². The van der Waals surface area contributed by atoms with E-state index in [4.69, 9.17) is 4.74 Å². The molecule has 6 rings (SSSR count). The van der Waals surface area contributed by atoms with Gasteiger partial charge in [0, 0.05) is 37.8 Å². The molecule has 1 unspecified atom stereocenters. The predicted molar refractivity (Wildman–Crippen MR) is 184 cm³/mol. The molecule has 1 saturated heterocycles. The van der Waals surface area contributed by atoms with E-state index in [9.17, 15) is 14.7 Å². The molecular formula is C33H36BrIN4O4Si. The van der Waals surface area contributed by atoms with Gasteiger partial charge in [-0.25, -0.2) is 0 Å². The van der Waals surface area contributed by atoms with E-state index in [1.165, 1.54) is 0 Å². The molecule has 44 heavy (non-hydrogen) atoms. The molecule has 5 atom stereocenters. The van der Waals surface area contributed by atoms with E-state index in [1.807, 2.05) is 84.9 Å². The minimum Gasteiger partial charge on any atom is -0.432 e. The molecule has 230 valence electrons. The Bertz CT molecular complexity index is 1650. The summed E-state index contributed by atoms with van der Waals surface area (Å²) in [6.45, 7) is 6.80. The number of carbonyl (C=O) groups excluding carboxylic acids is 1. The van der Waals surface area contributed by atoms with Gasteiger partial charge in [-0.2, -0.15) is 0 Å². The highest BCUT2D eigenvalue weighted by Crippen LogP contribution is 2.60. The fraction of sp³-hybridized carbons (Fsp3) is 0.364. The Morgan fingerprint density at radius 3 is 2.52 bits per heavy atom. The van der Waals surface area contributed by atoms with E-state index >= 15 is 0 Å². The molecule has 3 aromatic carbocycles. The van der Waals surface area contributed by atoms with Gasteiger partial charge in [0.1, 0.15) is 0 Å². The summed E-state index contributed by atoms with van der Waals surface area (Å²) in [7, 11) is -2.80. The second kappa shape index (κ2) is 12.4. The minimum absolute atomic E-state index is 0.0728. The fourth-order valence-corrected chi connectivity index (χ4v) is 10.5. The number of rotatable bonds is 9. The lowest BCUT2D eigenvalue weighted by molar-refractivity contribution is -0.146. The van der Waals surface area contributed by atoms with Crippen molar-refractivity contribution in [3.8, 4) is 0 Å². The molecule has 2 aliphatic heterocycles. The van der Waals surface area contributed by atoms with Crippen molar-refractivity contribution in [2.75, 3.05) is 11.5 Å². The smallest absolute Gasteiger partial charge is 0.264 e. The topological polar surface area (TPSA) is 101 Å². The summed E-state index contributed by atoms with van der Waals surface area (Å²) in [5.41, 5.74) is 3.01. The van der Waals surface area contributed by atoms with Crippen LogP contribution in [-0.4, -0.2) is 51.8 Å². The molecule has 1 amide bonds. The van der Waals surface area contributed by atoms with Crippen LogP contribution in [0.3, 0.4) is 0 Å². The molecule has 4 aromatic rings. The molecule has 3 heterocycles. The molecule has 1 spiro atoms. The quantitative estimate of drug-likeness (QED) is 0.155. The van der Waals surface area contributed by atoms with E-state index in [0.29, 0.717) is 25.2 Å². The summed E-state index contributed by atoms with van der Waals surface area (Å²) in [6.07, 6.45) is 2.06. The maximum Gasteiger partial charge on any atom is 0.264 e. The number of aliphatic hydroxyl groups excluding tert-OH is 1. The van der Waals surface area contributed by atoms with Crippen molar-refractivity contribution in [3.63, 3.8) is 0 Å². The number of aromatic nitrogens is 3. The average molecular weight is 788 g/mol. The molecular weight excluding hydrogens is 751 g/mol. The molecule has 2 aliphatic rings. The van der Waals surface area contributed by atoms with Gasteiger partial charge in [0.2, 0.25) is 0 Å². The highest BCUT2D eigenvalue weighted by Gasteiger charge is 2.66. The number of fused-ring (bicyclic) bond motifs is 2. The Hall–Kier alpha value is -2.42. The first-order valence-corrected chi connectivity index (χ1v) is 19.7. The Kier molecular flexibility index (Phi) is 8.90. The molecule has 8 nitrogen and oxygen atoms in total. The number of amides is 1. The fourth-order valence-electron chi connectivity index (χ4n) is 7.15. The molecule has 0 saturated carbocycles. The third-order valence-corrected chi connectivity index (χ3v) is 12.9. The third-order valence-electron chi connectivity index (χ3n) is 9.14. The van der Waals surface area contributed by atoms with Gasteiger partial charge in [0.05, 0.1) is 36.6 Å². The zero-order valence-electron chi connectivity index (χ0n) is 24.9. The van der Waals surface area contributed by atoms with E-state index in [2.05, 4.69) is 67.9 Å². The van der Waals surface area contributed by atoms with Crippen LogP contribution >= 0.6 is 38.5 Å². The summed E-state index contributed by atoms with van der Waals surface area (Å²) in [5.74, 6) is -0.596. The van der Waals surface area contributed by atoms with Gasteiger partial charge in [0.25, 0.3) is 5.91 Å². The molecule has 1 aromatic heterocycles. The number of anilines is 1. The highest BCUT2D eigenvalue weighted by atomic mass is 127. The first kappa shape index (κ1) is 31.6. The second-order valence-corrected chi connectivity index (χ2v) is 18.5. The van der Waals surface area contributed by atoms with Crippen molar-refractivity contribution in [1.82, 2.24) is 15.0 Å². The lowest BCUT2D eigenvalue weighted by atomic mass is 9.82. The van der Waals surface area contributed by atoms with Crippen molar-refractivity contribution in [3.05, 3.63) is 109 Å². The van der Waals surface area contributed by atoms with Gasteiger partial charge in [-0.15, -0.1) is 5.10 Å². The summed E-state index contributed by atoms with van der Waals surface area (Å²) in [5, 5.41) is 18.8. The Balaban J connectivity index is 1.30. The molecule has 0 aliphatic carbocycles. The highest BCUT2D eigenvalue weighted by molar-refractivity contribution is 14.1. The van der Waals surface area contributed by atoms with Crippen LogP contribution in [0.5, 0.6) is 0 Å². The number of nitrogens with zero attached hydrogens (tertiary/aromatic N) is 4. The standard InChI is InChI=1S/C33H36BrIN4O4Si/c1-21-31(44(2,3)42)30(15-16-38-19-28(36-37-38)26(20-40)23-7-5-4-6-8-23)43-33(21)27-17-24(34)11-14-29(27)39(32(33)41)18-22-9-12-25(35)13-10-22/h4-14,17,19,21,26,30-31,40,42H,15-16,18,20H2,1-3H3/t21-,26?,30+,31-,33+/m1/s1. The maximum absolute atomic E-state index is 14.6. The molecule has 2 N–H and O–H groups in total. The van der Waals surface area contributed by atoms with Crippen molar-refractivity contribution < 1.29 is 19.4 Å². The monoisotopic (exact) mass is 786 g/mol. The van der Waals surface area contributed by atoms with E-state index < -0.39 is 13.9 Å². The first-order valence-electron chi connectivity index (χ1n) is 14.9. The van der Waals surface area contributed by atoms with Crippen molar-refractivity contribution >= 4 is 58.4 Å². The van der Waals surface area contributed by atoms with Crippen LogP contribution in [-0.2, 0) is 28.2 Å². The summed E-state index contributed by atoms with van der Waals surface area (Å²) < 4.78 is 10.8. The van der Waals surface area contributed by atoms with Crippen molar-refractivity contribution in [2.24, 2.45) is 5.92 Å². The van der Waals surface area contributed by atoms with Crippen LogP contribution in [0.25, 0.3) is 0 Å². The average Bonchev–Trinajstić information content (AvgIpc) is 3.64. The number of halogens is 2. The Labute approximate surface area is 280 Å². The SMILES string of the molecule is C[C@@H]1[C@@H]([Si](C)(C)O)[C@H](CCn2cc(C(CO)c3ccccc3)nn2)O[C@@]12C(=O)N(Cc1ccc(I)cc1)c1ccc(Br)cc12. The number of carbonyl (C=O) groups is 1. The number of ether oxygens (including phenoxy) is 1. The normalized spacial score (nSPS) is 23.8. The van der Waals surface area contributed by atoms with Gasteiger partial charge < -0.3 is 19.5 Å². The zero-order chi connectivity index (χ0) is 31.2. The number of benzene rings is 3. The van der Waals surface area contributed by atoms with Crippen LogP contribution in [0.15, 0.2) is 83.5 Å². The largest absolute Gasteiger partial charge is 0.432 e. The van der Waals surface area contributed by atoms with Crippen molar-refractivity contribution in [1.29, 1.82) is 0 Å². The van der Waals surface area contributed by atoms with Gasteiger partial charge in [-0.3, -0.25) is 9.48 Å². The number of hydrogen-bond donors (Lipinski definition) is 2. The maximum atomic E-state index is 14.6. The third kappa shape index (κ3) is 5.71. The molecule has 0 radical (unpaired) electrons. The summed E-state index contributed by atoms with van der Waals surface area (Å²) >= 11 is 5.92. The number of aryl methyl sites for hydroxylation is 1. The summed E-state index contributed by atoms with van der Waals surface area (Å²) in [4.78, 5) is 28.0. The lowest BCUT2D eigenvalue weighted by Crippen LogP contribution is -2.46. The molecule has 11 heteroatoms. The second-order valence-electron chi connectivity index (χ2n) is 12.4. The van der Waals surface area contributed by atoms with Crippen LogP contribution < -0.4 is 4.90 Å². The molecule has 0 bridgehead atoms. The van der Waals surface area contributed by atoms with Crippen LogP contribution in [0.2, 0.25) is 18.6 Å². The summed E-state index contributed by atoms with van der Waals surface area (Å²) in [6, 6.07) is 23.9. The van der Waals surface area contributed by atoms with Gasteiger partial charge in [0.15, 0.2) is 13.9 Å². The van der Waals surface area contributed by atoms with Crippen LogP contribution in [0.4, 0.5) is 5.69 Å². The Morgan fingerprint density at radius 1 is 1.11 bits per heavy atom. The van der Waals surface area contributed by atoms with E-state index in [-0.39, 0.29) is 36.0 Å². The van der Waals surface area contributed by atoms with E-state index in [0.717, 1.165) is 30.4 Å².